The van der Waals surface area contributed by atoms with Crippen molar-refractivity contribution in [3.05, 3.63) is 65.7 Å². The van der Waals surface area contributed by atoms with Crippen LogP contribution >= 0.6 is 0 Å². The minimum absolute atomic E-state index is 0.0219. The van der Waals surface area contributed by atoms with Gasteiger partial charge in [-0.1, -0.05) is 30.3 Å². The van der Waals surface area contributed by atoms with Crippen LogP contribution < -0.4 is 4.74 Å². The summed E-state index contributed by atoms with van der Waals surface area (Å²) in [5.74, 6) is -2.01. The third-order valence-corrected chi connectivity index (χ3v) is 2.32. The SMILES string of the molecule is [O]C(=O)c1ccccc1OC(=O)c1ccccc1. The highest BCUT2D eigenvalue weighted by Gasteiger charge is 2.15. The van der Waals surface area contributed by atoms with Gasteiger partial charge >= 0.3 is 11.9 Å². The van der Waals surface area contributed by atoms with Crippen molar-refractivity contribution in [2.24, 2.45) is 0 Å². The fraction of sp³-hybridized carbons (Fsp3) is 0. The number of benzene rings is 2. The van der Waals surface area contributed by atoms with Crippen molar-refractivity contribution >= 4 is 11.9 Å². The zero-order valence-electron chi connectivity index (χ0n) is 9.33. The number of ether oxygens (including phenoxy) is 1. The molecule has 0 aliphatic carbocycles. The predicted molar refractivity (Wildman–Crippen MR) is 62.9 cm³/mol. The van der Waals surface area contributed by atoms with E-state index in [1.165, 1.54) is 18.2 Å². The van der Waals surface area contributed by atoms with Gasteiger partial charge in [0.05, 0.1) is 5.56 Å². The number of esters is 1. The Kier molecular flexibility index (Phi) is 3.38. The first kappa shape index (κ1) is 11.9. The average Bonchev–Trinajstić information content (AvgIpc) is 2.40. The van der Waals surface area contributed by atoms with Crippen molar-refractivity contribution in [2.45, 2.75) is 0 Å². The number of para-hydroxylation sites is 1. The first-order chi connectivity index (χ1) is 8.68. The van der Waals surface area contributed by atoms with Crippen molar-refractivity contribution in [1.29, 1.82) is 0 Å². The number of hydrogen-bond donors (Lipinski definition) is 0. The van der Waals surface area contributed by atoms with E-state index in [2.05, 4.69) is 0 Å². The lowest BCUT2D eigenvalue weighted by molar-refractivity contribution is 0.0566. The Balaban J connectivity index is 2.25. The monoisotopic (exact) mass is 241 g/mol. The molecule has 2 aromatic carbocycles. The molecule has 2 rings (SSSR count). The Labute approximate surface area is 103 Å². The van der Waals surface area contributed by atoms with Crippen LogP contribution in [0.15, 0.2) is 54.6 Å². The van der Waals surface area contributed by atoms with E-state index in [9.17, 15) is 14.7 Å². The van der Waals surface area contributed by atoms with Crippen molar-refractivity contribution in [1.82, 2.24) is 0 Å². The van der Waals surface area contributed by atoms with Crippen LogP contribution in [0.1, 0.15) is 20.7 Å². The largest absolute Gasteiger partial charge is 0.422 e. The lowest BCUT2D eigenvalue weighted by Gasteiger charge is -2.06. The van der Waals surface area contributed by atoms with Gasteiger partial charge in [-0.05, 0) is 24.3 Å². The van der Waals surface area contributed by atoms with Crippen LogP contribution in [0.2, 0.25) is 0 Å². The van der Waals surface area contributed by atoms with Crippen molar-refractivity contribution in [3.8, 4) is 5.75 Å². The second kappa shape index (κ2) is 5.14. The molecule has 0 unspecified atom stereocenters. The summed E-state index contributed by atoms with van der Waals surface area (Å²) in [6.45, 7) is 0. The molecule has 0 N–H and O–H groups in total. The molecule has 0 amide bonds. The van der Waals surface area contributed by atoms with E-state index < -0.39 is 11.9 Å². The quantitative estimate of drug-likeness (QED) is 0.612. The molecule has 0 aliphatic heterocycles. The number of hydrogen-bond acceptors (Lipinski definition) is 3. The van der Waals surface area contributed by atoms with Gasteiger partial charge in [-0.2, -0.15) is 0 Å². The minimum atomic E-state index is -1.38. The van der Waals surface area contributed by atoms with Crippen molar-refractivity contribution in [2.75, 3.05) is 0 Å². The van der Waals surface area contributed by atoms with Gasteiger partial charge in [-0.3, -0.25) is 0 Å². The average molecular weight is 241 g/mol. The Morgan fingerprint density at radius 1 is 0.833 bits per heavy atom. The molecule has 4 nitrogen and oxygen atoms in total. The molecule has 0 saturated carbocycles. The van der Waals surface area contributed by atoms with Crippen LogP contribution in [0.5, 0.6) is 5.75 Å². The maximum atomic E-state index is 11.8. The molecule has 0 bridgehead atoms. The maximum absolute atomic E-state index is 11.8. The summed E-state index contributed by atoms with van der Waals surface area (Å²) in [5, 5.41) is 10.8. The molecule has 0 aromatic heterocycles. The van der Waals surface area contributed by atoms with Gasteiger partial charge in [0.15, 0.2) is 0 Å². The molecule has 0 atom stereocenters. The van der Waals surface area contributed by atoms with Crippen molar-refractivity contribution in [3.63, 3.8) is 0 Å². The zero-order chi connectivity index (χ0) is 13.0. The van der Waals surface area contributed by atoms with Crippen molar-refractivity contribution < 1.29 is 19.4 Å². The second-order valence-corrected chi connectivity index (χ2v) is 3.54. The minimum Gasteiger partial charge on any atom is -0.422 e. The van der Waals surface area contributed by atoms with E-state index in [1.54, 1.807) is 36.4 Å². The van der Waals surface area contributed by atoms with Gasteiger partial charge in [-0.25, -0.2) is 14.7 Å². The standard InChI is InChI=1S/C14H9O4/c15-13(16)11-8-4-5-9-12(11)18-14(17)10-6-2-1-3-7-10/h1-9H. The van der Waals surface area contributed by atoms with E-state index in [-0.39, 0.29) is 11.3 Å². The summed E-state index contributed by atoms with van der Waals surface area (Å²) in [5.41, 5.74) is 0.201. The second-order valence-electron chi connectivity index (χ2n) is 3.54. The predicted octanol–water partition coefficient (Wildman–Crippen LogP) is 2.48. The van der Waals surface area contributed by atoms with Gasteiger partial charge in [0.2, 0.25) is 0 Å². The van der Waals surface area contributed by atoms with Gasteiger partial charge in [0.25, 0.3) is 0 Å². The summed E-state index contributed by atoms with van der Waals surface area (Å²) in [7, 11) is 0. The van der Waals surface area contributed by atoms with Crippen LogP contribution in [0.25, 0.3) is 0 Å². The normalized spacial score (nSPS) is 9.78. The lowest BCUT2D eigenvalue weighted by atomic mass is 10.2. The van der Waals surface area contributed by atoms with Gasteiger partial charge in [-0.15, -0.1) is 0 Å². The molecule has 0 fully saturated rings. The fourth-order valence-corrected chi connectivity index (χ4v) is 1.46. The Morgan fingerprint density at radius 2 is 1.44 bits per heavy atom. The first-order valence-electron chi connectivity index (χ1n) is 5.26. The molecular weight excluding hydrogens is 232 g/mol. The Bertz CT molecular complexity index is 575. The Morgan fingerprint density at radius 3 is 2.11 bits per heavy atom. The summed E-state index contributed by atoms with van der Waals surface area (Å²) in [6.07, 6.45) is 0. The van der Waals surface area contributed by atoms with Crippen LogP contribution in [0.3, 0.4) is 0 Å². The summed E-state index contributed by atoms with van der Waals surface area (Å²) >= 11 is 0. The molecule has 2 aromatic rings. The molecule has 0 heterocycles. The third kappa shape index (κ3) is 2.55. The summed E-state index contributed by atoms with van der Waals surface area (Å²) in [6, 6.07) is 14.2. The lowest BCUT2D eigenvalue weighted by Crippen LogP contribution is -2.10. The topological polar surface area (TPSA) is 63.3 Å². The van der Waals surface area contributed by atoms with Gasteiger partial charge in [0, 0.05) is 0 Å². The van der Waals surface area contributed by atoms with E-state index in [4.69, 9.17) is 4.74 Å². The highest BCUT2D eigenvalue weighted by Crippen LogP contribution is 2.19. The molecule has 1 radical (unpaired) electrons. The van der Waals surface area contributed by atoms with Gasteiger partial charge < -0.3 is 4.74 Å². The van der Waals surface area contributed by atoms with E-state index in [0.29, 0.717) is 5.56 Å². The maximum Gasteiger partial charge on any atom is 0.390 e. The van der Waals surface area contributed by atoms with Gasteiger partial charge in [0.1, 0.15) is 11.3 Å². The number of carbonyl (C=O) groups is 2. The summed E-state index contributed by atoms with van der Waals surface area (Å²) in [4.78, 5) is 22.6. The molecule has 0 spiro atoms. The van der Waals surface area contributed by atoms with Crippen LogP contribution in [-0.4, -0.2) is 11.9 Å². The molecular formula is C14H9O4. The summed E-state index contributed by atoms with van der Waals surface area (Å²) < 4.78 is 5.03. The smallest absolute Gasteiger partial charge is 0.390 e. The van der Waals surface area contributed by atoms with Crippen LogP contribution in [-0.2, 0) is 5.11 Å². The van der Waals surface area contributed by atoms with E-state index in [1.807, 2.05) is 0 Å². The zero-order valence-corrected chi connectivity index (χ0v) is 9.33. The third-order valence-electron chi connectivity index (χ3n) is 2.32. The fourth-order valence-electron chi connectivity index (χ4n) is 1.46. The highest BCUT2D eigenvalue weighted by atomic mass is 16.5. The Hall–Kier alpha value is -2.62. The van der Waals surface area contributed by atoms with Crippen LogP contribution in [0, 0.1) is 0 Å². The first-order valence-corrected chi connectivity index (χ1v) is 5.26. The molecule has 0 saturated heterocycles. The van der Waals surface area contributed by atoms with E-state index >= 15 is 0 Å². The number of rotatable bonds is 3. The molecule has 4 heteroatoms. The highest BCUT2D eigenvalue weighted by molar-refractivity contribution is 5.95. The molecule has 0 aliphatic rings. The number of carbonyl (C=O) groups excluding carboxylic acids is 2. The molecule has 89 valence electrons. The van der Waals surface area contributed by atoms with Crippen LogP contribution in [0.4, 0.5) is 0 Å². The van der Waals surface area contributed by atoms with E-state index in [0.717, 1.165) is 0 Å². The molecule has 18 heavy (non-hydrogen) atoms.